The number of aliphatic hydroxyl groups is 1. The van der Waals surface area contributed by atoms with E-state index >= 15 is 0 Å². The molecule has 0 aliphatic heterocycles. The number of nitrogens with one attached hydrogen (secondary N) is 1. The minimum atomic E-state index is -0.920. The van der Waals surface area contributed by atoms with Gasteiger partial charge in [-0.3, -0.25) is 15.1 Å². The number of nitrogens with zero attached hydrogens (tertiary/aromatic N) is 2. The van der Waals surface area contributed by atoms with E-state index in [1.807, 2.05) is 0 Å². The Morgan fingerprint density at radius 1 is 1.67 bits per heavy atom. The molecular weight excluding hydrogens is 198 g/mol. The third kappa shape index (κ3) is 3.51. The van der Waals surface area contributed by atoms with Gasteiger partial charge in [0.1, 0.15) is 11.9 Å². The van der Waals surface area contributed by atoms with Gasteiger partial charge in [0.15, 0.2) is 0 Å². The lowest BCUT2D eigenvalue weighted by atomic mass is 10.1. The first-order chi connectivity index (χ1) is 6.90. The van der Waals surface area contributed by atoms with Gasteiger partial charge in [-0.1, -0.05) is 0 Å². The highest BCUT2D eigenvalue weighted by atomic mass is 16.6. The molecule has 0 aromatic carbocycles. The Balaban J connectivity index is 2.81. The molecule has 6 nitrogen and oxygen atoms in total. The predicted molar refractivity (Wildman–Crippen MR) is 55.7 cm³/mol. The van der Waals surface area contributed by atoms with Crippen LogP contribution in [0.4, 0.5) is 11.4 Å². The van der Waals surface area contributed by atoms with Crippen LogP contribution in [0.5, 0.6) is 0 Å². The predicted octanol–water partition coefficient (Wildman–Crippen LogP) is 1.17. The SMILES string of the molecule is CC(C)(O)CNc1ccncc1[N+](=O)[O-]. The van der Waals surface area contributed by atoms with E-state index in [0.717, 1.165) is 0 Å². The molecule has 0 aliphatic rings. The maximum Gasteiger partial charge on any atom is 0.310 e. The van der Waals surface area contributed by atoms with E-state index in [2.05, 4.69) is 10.3 Å². The molecule has 1 aromatic heterocycles. The molecule has 6 heteroatoms. The number of hydrogen-bond donors (Lipinski definition) is 2. The van der Waals surface area contributed by atoms with Crippen LogP contribution in [0, 0.1) is 10.1 Å². The zero-order valence-corrected chi connectivity index (χ0v) is 8.60. The van der Waals surface area contributed by atoms with Gasteiger partial charge < -0.3 is 10.4 Å². The van der Waals surface area contributed by atoms with E-state index in [4.69, 9.17) is 0 Å². The van der Waals surface area contributed by atoms with Gasteiger partial charge in [-0.25, -0.2) is 0 Å². The summed E-state index contributed by atoms with van der Waals surface area (Å²) in [6.07, 6.45) is 2.63. The molecule has 0 saturated carbocycles. The molecule has 0 radical (unpaired) electrons. The summed E-state index contributed by atoms with van der Waals surface area (Å²) in [6, 6.07) is 1.50. The fourth-order valence-corrected chi connectivity index (χ4v) is 0.993. The summed E-state index contributed by atoms with van der Waals surface area (Å²) in [4.78, 5) is 13.8. The molecule has 0 unspecified atom stereocenters. The van der Waals surface area contributed by atoms with Crippen LogP contribution in [0.25, 0.3) is 0 Å². The van der Waals surface area contributed by atoms with Gasteiger partial charge in [0.25, 0.3) is 0 Å². The second-order valence-corrected chi connectivity index (χ2v) is 3.82. The molecule has 0 fully saturated rings. The quantitative estimate of drug-likeness (QED) is 0.576. The van der Waals surface area contributed by atoms with Crippen molar-refractivity contribution in [3.8, 4) is 0 Å². The highest BCUT2D eigenvalue weighted by molar-refractivity contribution is 5.59. The highest BCUT2D eigenvalue weighted by Crippen LogP contribution is 2.22. The topological polar surface area (TPSA) is 88.3 Å². The van der Waals surface area contributed by atoms with Crippen LogP contribution < -0.4 is 5.32 Å². The molecule has 0 aliphatic carbocycles. The average Bonchev–Trinajstić information content (AvgIpc) is 2.14. The fourth-order valence-electron chi connectivity index (χ4n) is 0.993. The molecule has 1 rings (SSSR count). The lowest BCUT2D eigenvalue weighted by Gasteiger charge is -2.18. The monoisotopic (exact) mass is 211 g/mol. The molecular formula is C9H13N3O3. The van der Waals surface area contributed by atoms with Gasteiger partial charge in [0.2, 0.25) is 0 Å². The molecule has 0 saturated heterocycles. The summed E-state index contributed by atoms with van der Waals surface area (Å²) in [6.45, 7) is 3.47. The van der Waals surface area contributed by atoms with Crippen molar-refractivity contribution in [2.24, 2.45) is 0 Å². The molecule has 0 amide bonds. The zero-order valence-electron chi connectivity index (χ0n) is 8.60. The number of anilines is 1. The summed E-state index contributed by atoms with van der Waals surface area (Å²) in [5.74, 6) is 0. The first kappa shape index (κ1) is 11.4. The zero-order chi connectivity index (χ0) is 11.5. The maximum absolute atomic E-state index is 10.6. The molecule has 82 valence electrons. The van der Waals surface area contributed by atoms with Gasteiger partial charge >= 0.3 is 5.69 Å². The van der Waals surface area contributed by atoms with E-state index in [9.17, 15) is 15.2 Å². The summed E-state index contributed by atoms with van der Waals surface area (Å²) < 4.78 is 0. The summed E-state index contributed by atoms with van der Waals surface area (Å²) >= 11 is 0. The van der Waals surface area contributed by atoms with Crippen LogP contribution in [-0.2, 0) is 0 Å². The Bertz CT molecular complexity index is 360. The van der Waals surface area contributed by atoms with Crippen molar-refractivity contribution in [3.63, 3.8) is 0 Å². The second kappa shape index (κ2) is 4.22. The van der Waals surface area contributed by atoms with Gasteiger partial charge in [-0.15, -0.1) is 0 Å². The van der Waals surface area contributed by atoms with Crippen LogP contribution in [0.2, 0.25) is 0 Å². The van der Waals surface area contributed by atoms with E-state index in [0.29, 0.717) is 5.69 Å². The van der Waals surface area contributed by atoms with Crippen molar-refractivity contribution in [3.05, 3.63) is 28.6 Å². The van der Waals surface area contributed by atoms with Crippen LogP contribution in [0.15, 0.2) is 18.5 Å². The average molecular weight is 211 g/mol. The number of nitro groups is 1. The number of aromatic nitrogens is 1. The van der Waals surface area contributed by atoms with Gasteiger partial charge in [0.05, 0.1) is 10.5 Å². The smallest absolute Gasteiger partial charge is 0.310 e. The molecule has 0 spiro atoms. The van der Waals surface area contributed by atoms with E-state index in [-0.39, 0.29) is 12.2 Å². The largest absolute Gasteiger partial charge is 0.389 e. The van der Waals surface area contributed by atoms with Crippen LogP contribution in [0.1, 0.15) is 13.8 Å². The fraction of sp³-hybridized carbons (Fsp3) is 0.444. The maximum atomic E-state index is 10.6. The molecule has 2 N–H and O–H groups in total. The van der Waals surface area contributed by atoms with Crippen LogP contribution in [-0.4, -0.2) is 27.2 Å². The standard InChI is InChI=1S/C9H13N3O3/c1-9(2,13)6-11-7-3-4-10-5-8(7)12(14)15/h3-5,13H,6H2,1-2H3,(H,10,11). The molecule has 0 atom stereocenters. The first-order valence-electron chi connectivity index (χ1n) is 4.45. The normalized spacial score (nSPS) is 11.1. The van der Waals surface area contributed by atoms with Gasteiger partial charge in [-0.2, -0.15) is 0 Å². The summed E-state index contributed by atoms with van der Waals surface area (Å²) in [5.41, 5.74) is -0.657. The third-order valence-electron chi connectivity index (χ3n) is 1.71. The Hall–Kier alpha value is -1.69. The minimum Gasteiger partial charge on any atom is -0.389 e. The lowest BCUT2D eigenvalue weighted by Crippen LogP contribution is -2.29. The Morgan fingerprint density at radius 3 is 2.87 bits per heavy atom. The van der Waals surface area contributed by atoms with E-state index in [1.54, 1.807) is 13.8 Å². The number of pyridine rings is 1. The van der Waals surface area contributed by atoms with Crippen LogP contribution in [0.3, 0.4) is 0 Å². The number of rotatable bonds is 4. The van der Waals surface area contributed by atoms with Crippen molar-refractivity contribution in [1.82, 2.24) is 4.98 Å². The van der Waals surface area contributed by atoms with E-state index < -0.39 is 10.5 Å². The molecule has 1 aromatic rings. The molecule has 0 bridgehead atoms. The van der Waals surface area contributed by atoms with Crippen molar-refractivity contribution < 1.29 is 10.0 Å². The minimum absolute atomic E-state index is 0.0956. The van der Waals surface area contributed by atoms with Crippen molar-refractivity contribution in [2.75, 3.05) is 11.9 Å². The van der Waals surface area contributed by atoms with Gasteiger partial charge in [0, 0.05) is 12.7 Å². The molecule has 15 heavy (non-hydrogen) atoms. The van der Waals surface area contributed by atoms with Gasteiger partial charge in [-0.05, 0) is 19.9 Å². The Morgan fingerprint density at radius 2 is 2.33 bits per heavy atom. The third-order valence-corrected chi connectivity index (χ3v) is 1.71. The first-order valence-corrected chi connectivity index (χ1v) is 4.45. The lowest BCUT2D eigenvalue weighted by molar-refractivity contribution is -0.384. The van der Waals surface area contributed by atoms with Crippen molar-refractivity contribution >= 4 is 11.4 Å². The Labute approximate surface area is 87.1 Å². The molecule has 1 heterocycles. The van der Waals surface area contributed by atoms with Crippen molar-refractivity contribution in [2.45, 2.75) is 19.4 Å². The Kier molecular flexibility index (Phi) is 3.21. The number of hydrogen-bond acceptors (Lipinski definition) is 5. The summed E-state index contributed by atoms with van der Waals surface area (Å²) in [7, 11) is 0. The highest BCUT2D eigenvalue weighted by Gasteiger charge is 2.17. The summed E-state index contributed by atoms with van der Waals surface area (Å²) in [5, 5.41) is 22.9. The second-order valence-electron chi connectivity index (χ2n) is 3.82. The van der Waals surface area contributed by atoms with Crippen LogP contribution >= 0.6 is 0 Å². The van der Waals surface area contributed by atoms with E-state index in [1.165, 1.54) is 18.5 Å². The van der Waals surface area contributed by atoms with Crippen molar-refractivity contribution in [1.29, 1.82) is 0 Å².